The minimum absolute atomic E-state index is 0.0485. The molecule has 0 spiro atoms. The van der Waals surface area contributed by atoms with Crippen LogP contribution in [0.5, 0.6) is 0 Å². The number of rotatable bonds is 8. The second kappa shape index (κ2) is 8.23. The number of hydrogen-bond donors (Lipinski definition) is 3. The van der Waals surface area contributed by atoms with E-state index in [1.807, 2.05) is 24.3 Å². The smallest absolute Gasteiger partial charge is 0.243 e. The average Bonchev–Trinajstić information content (AvgIpc) is 2.34. The van der Waals surface area contributed by atoms with E-state index in [1.165, 1.54) is 6.92 Å². The molecule has 1 aromatic carbocycles. The van der Waals surface area contributed by atoms with Crippen molar-refractivity contribution in [1.29, 1.82) is 0 Å². The highest BCUT2D eigenvalue weighted by Crippen LogP contribution is 2.09. The van der Waals surface area contributed by atoms with E-state index in [0.717, 1.165) is 11.3 Å². The van der Waals surface area contributed by atoms with E-state index in [9.17, 15) is 9.59 Å². The monoisotopic (exact) mass is 265 g/mol. The summed E-state index contributed by atoms with van der Waals surface area (Å²) < 4.78 is 5.01. The summed E-state index contributed by atoms with van der Waals surface area (Å²) in [5.41, 5.74) is 6.81. The van der Waals surface area contributed by atoms with E-state index in [2.05, 4.69) is 10.6 Å². The Bertz CT molecular complexity index is 418. The molecule has 0 aromatic heterocycles. The number of carbonyl (C=O) groups excluding carboxylic acids is 2. The first-order chi connectivity index (χ1) is 9.08. The van der Waals surface area contributed by atoms with E-state index in [1.54, 1.807) is 0 Å². The second-order valence-electron chi connectivity index (χ2n) is 4.07. The maximum absolute atomic E-state index is 10.8. The van der Waals surface area contributed by atoms with Crippen LogP contribution in [-0.2, 0) is 20.9 Å². The molecule has 6 heteroatoms. The zero-order chi connectivity index (χ0) is 14.1. The molecule has 0 aliphatic carbocycles. The fraction of sp³-hybridized carbons (Fsp3) is 0.385. The molecule has 0 aliphatic heterocycles. The SMILES string of the molecule is CC(=O)Nc1ccc(CNCCOCC(N)=O)cc1. The van der Waals surface area contributed by atoms with Crippen molar-refractivity contribution in [3.8, 4) is 0 Å². The van der Waals surface area contributed by atoms with Crippen LogP contribution in [0.15, 0.2) is 24.3 Å². The third-order valence-electron chi connectivity index (χ3n) is 2.27. The van der Waals surface area contributed by atoms with E-state index < -0.39 is 5.91 Å². The van der Waals surface area contributed by atoms with Crippen LogP contribution >= 0.6 is 0 Å². The van der Waals surface area contributed by atoms with Crippen LogP contribution in [0.25, 0.3) is 0 Å². The maximum Gasteiger partial charge on any atom is 0.243 e. The normalized spacial score (nSPS) is 10.2. The molecule has 0 saturated heterocycles. The summed E-state index contributed by atoms with van der Waals surface area (Å²) >= 11 is 0. The Morgan fingerprint density at radius 3 is 2.53 bits per heavy atom. The molecule has 0 saturated carbocycles. The van der Waals surface area contributed by atoms with Gasteiger partial charge in [0.15, 0.2) is 0 Å². The van der Waals surface area contributed by atoms with Gasteiger partial charge in [-0.1, -0.05) is 12.1 Å². The number of anilines is 1. The molecular formula is C13H19N3O3. The average molecular weight is 265 g/mol. The lowest BCUT2D eigenvalue weighted by Crippen LogP contribution is -2.23. The molecule has 1 rings (SSSR count). The van der Waals surface area contributed by atoms with E-state index >= 15 is 0 Å². The topological polar surface area (TPSA) is 93.4 Å². The Morgan fingerprint density at radius 1 is 1.26 bits per heavy atom. The van der Waals surface area contributed by atoms with Gasteiger partial charge in [0, 0.05) is 25.7 Å². The van der Waals surface area contributed by atoms with Crippen LogP contribution in [0.2, 0.25) is 0 Å². The number of amides is 2. The van der Waals surface area contributed by atoms with Gasteiger partial charge < -0.3 is 21.1 Å². The van der Waals surface area contributed by atoms with Gasteiger partial charge in [-0.25, -0.2) is 0 Å². The molecule has 1 aromatic rings. The van der Waals surface area contributed by atoms with Crippen molar-refractivity contribution < 1.29 is 14.3 Å². The van der Waals surface area contributed by atoms with Crippen LogP contribution in [-0.4, -0.2) is 31.6 Å². The van der Waals surface area contributed by atoms with Gasteiger partial charge in [-0.15, -0.1) is 0 Å². The highest BCUT2D eigenvalue weighted by molar-refractivity contribution is 5.88. The lowest BCUT2D eigenvalue weighted by Gasteiger charge is -2.06. The van der Waals surface area contributed by atoms with Gasteiger partial charge in [0.2, 0.25) is 11.8 Å². The first-order valence-electron chi connectivity index (χ1n) is 6.01. The lowest BCUT2D eigenvalue weighted by atomic mass is 10.2. The summed E-state index contributed by atoms with van der Waals surface area (Å²) in [4.78, 5) is 21.3. The van der Waals surface area contributed by atoms with E-state index in [-0.39, 0.29) is 12.5 Å². The van der Waals surface area contributed by atoms with Crippen molar-refractivity contribution in [2.45, 2.75) is 13.5 Å². The van der Waals surface area contributed by atoms with E-state index in [4.69, 9.17) is 10.5 Å². The van der Waals surface area contributed by atoms with Gasteiger partial charge in [0.1, 0.15) is 6.61 Å². The summed E-state index contributed by atoms with van der Waals surface area (Å²) in [5, 5.41) is 5.87. The zero-order valence-electron chi connectivity index (χ0n) is 10.9. The van der Waals surface area contributed by atoms with Gasteiger partial charge in [0.05, 0.1) is 6.61 Å². The third-order valence-corrected chi connectivity index (χ3v) is 2.27. The van der Waals surface area contributed by atoms with Gasteiger partial charge in [-0.3, -0.25) is 9.59 Å². The molecule has 19 heavy (non-hydrogen) atoms. The highest BCUT2D eigenvalue weighted by atomic mass is 16.5. The molecule has 104 valence electrons. The van der Waals surface area contributed by atoms with Gasteiger partial charge in [-0.2, -0.15) is 0 Å². The predicted molar refractivity (Wildman–Crippen MR) is 72.5 cm³/mol. The van der Waals surface area contributed by atoms with Crippen molar-refractivity contribution in [2.24, 2.45) is 5.73 Å². The van der Waals surface area contributed by atoms with Crippen LogP contribution < -0.4 is 16.4 Å². The number of nitrogens with one attached hydrogen (secondary N) is 2. The number of primary amides is 1. The molecule has 0 heterocycles. The molecule has 2 amide bonds. The third kappa shape index (κ3) is 7.17. The summed E-state index contributed by atoms with van der Waals surface area (Å²) in [6.45, 7) is 3.20. The van der Waals surface area contributed by atoms with Gasteiger partial charge >= 0.3 is 0 Å². The fourth-order valence-corrected chi connectivity index (χ4v) is 1.46. The summed E-state index contributed by atoms with van der Waals surface area (Å²) in [7, 11) is 0. The van der Waals surface area contributed by atoms with Crippen molar-refractivity contribution in [1.82, 2.24) is 5.32 Å². The van der Waals surface area contributed by atoms with Gasteiger partial charge in [-0.05, 0) is 17.7 Å². The van der Waals surface area contributed by atoms with E-state index in [0.29, 0.717) is 19.7 Å². The van der Waals surface area contributed by atoms with Crippen LogP contribution in [0, 0.1) is 0 Å². The van der Waals surface area contributed by atoms with Crippen molar-refractivity contribution in [3.05, 3.63) is 29.8 Å². The highest BCUT2D eigenvalue weighted by Gasteiger charge is 1.97. The first-order valence-corrected chi connectivity index (χ1v) is 6.01. The van der Waals surface area contributed by atoms with Crippen LogP contribution in [0.1, 0.15) is 12.5 Å². The number of nitrogens with two attached hydrogens (primary N) is 1. The quantitative estimate of drug-likeness (QED) is 0.587. The molecule has 0 unspecified atom stereocenters. The Balaban J connectivity index is 2.19. The van der Waals surface area contributed by atoms with Crippen molar-refractivity contribution in [3.63, 3.8) is 0 Å². The Kier molecular flexibility index (Phi) is 6.56. The zero-order valence-corrected chi connectivity index (χ0v) is 10.9. The largest absolute Gasteiger partial charge is 0.370 e. The number of carbonyl (C=O) groups is 2. The minimum Gasteiger partial charge on any atom is -0.370 e. The summed E-state index contributed by atoms with van der Waals surface area (Å²) in [6, 6.07) is 7.56. The Hall–Kier alpha value is -1.92. The Labute approximate surface area is 112 Å². The van der Waals surface area contributed by atoms with Crippen LogP contribution in [0.3, 0.4) is 0 Å². The maximum atomic E-state index is 10.8. The molecule has 0 aliphatic rings. The first kappa shape index (κ1) is 15.1. The predicted octanol–water partition coefficient (Wildman–Crippen LogP) is 0.237. The second-order valence-corrected chi connectivity index (χ2v) is 4.07. The molecule has 6 nitrogen and oxygen atoms in total. The summed E-state index contributed by atoms with van der Waals surface area (Å²) in [5.74, 6) is -0.550. The molecule has 0 bridgehead atoms. The molecule has 4 N–H and O–H groups in total. The Morgan fingerprint density at radius 2 is 1.95 bits per heavy atom. The van der Waals surface area contributed by atoms with Crippen molar-refractivity contribution >= 4 is 17.5 Å². The molecule has 0 fully saturated rings. The van der Waals surface area contributed by atoms with Crippen molar-refractivity contribution in [2.75, 3.05) is 25.1 Å². The lowest BCUT2D eigenvalue weighted by molar-refractivity contribution is -0.122. The molecular weight excluding hydrogens is 246 g/mol. The fourth-order valence-electron chi connectivity index (χ4n) is 1.46. The summed E-state index contributed by atoms with van der Waals surface area (Å²) in [6.07, 6.45) is 0. The number of hydrogen-bond acceptors (Lipinski definition) is 4. The standard InChI is InChI=1S/C13H19N3O3/c1-10(17)16-12-4-2-11(3-5-12)8-15-6-7-19-9-13(14)18/h2-5,15H,6-9H2,1H3,(H2,14,18)(H,16,17). The number of ether oxygens (including phenoxy) is 1. The molecule has 0 radical (unpaired) electrons. The minimum atomic E-state index is -0.464. The number of benzene rings is 1. The van der Waals surface area contributed by atoms with Gasteiger partial charge in [0.25, 0.3) is 0 Å². The van der Waals surface area contributed by atoms with Crippen LogP contribution in [0.4, 0.5) is 5.69 Å². The molecule has 0 atom stereocenters.